The zero-order valence-corrected chi connectivity index (χ0v) is 11.9. The molecule has 1 aromatic carbocycles. The van der Waals surface area contributed by atoms with Gasteiger partial charge in [-0.3, -0.25) is 4.79 Å². The Bertz CT molecular complexity index is 456. The summed E-state index contributed by atoms with van der Waals surface area (Å²) in [6.45, 7) is -1.95. The summed E-state index contributed by atoms with van der Waals surface area (Å²) in [5.74, 6) is 0.176. The summed E-state index contributed by atoms with van der Waals surface area (Å²) >= 11 is 0. The second-order valence-corrected chi connectivity index (χ2v) is 4.36. The monoisotopic (exact) mass is 302 g/mol. The fourth-order valence-corrected chi connectivity index (χ4v) is 1.76. The van der Waals surface area contributed by atoms with Crippen LogP contribution in [0.5, 0.6) is 11.5 Å². The Morgan fingerprint density at radius 1 is 1.38 bits per heavy atom. The van der Waals surface area contributed by atoms with E-state index in [0.717, 1.165) is 5.56 Å². The number of amides is 1. The molecule has 7 heteroatoms. The smallest absolute Gasteiger partial charge is 0.387 e. The third-order valence-electron chi connectivity index (χ3n) is 2.79. The molecular formula is C14H20F2N2O3. The highest BCUT2D eigenvalue weighted by atomic mass is 19.3. The number of rotatable bonds is 9. The Morgan fingerprint density at radius 2 is 2.14 bits per heavy atom. The number of benzene rings is 1. The lowest BCUT2D eigenvalue weighted by molar-refractivity contribution is -0.121. The van der Waals surface area contributed by atoms with Crippen LogP contribution in [0.15, 0.2) is 18.2 Å². The number of nitrogens with one attached hydrogen (secondary N) is 1. The Balaban J connectivity index is 2.50. The zero-order valence-electron chi connectivity index (χ0n) is 11.9. The lowest BCUT2D eigenvalue weighted by Crippen LogP contribution is -2.26. The molecule has 0 fully saturated rings. The SMILES string of the molecule is COc1cc(CCNC(=O)CCCN)ccc1OC(F)F. The average molecular weight is 302 g/mol. The summed E-state index contributed by atoms with van der Waals surface area (Å²) in [4.78, 5) is 11.4. The van der Waals surface area contributed by atoms with Crippen LogP contribution in [0.25, 0.3) is 0 Å². The van der Waals surface area contributed by atoms with Crippen LogP contribution in [-0.4, -0.2) is 32.7 Å². The van der Waals surface area contributed by atoms with Gasteiger partial charge in [-0.2, -0.15) is 8.78 Å². The molecule has 0 aliphatic carbocycles. The largest absolute Gasteiger partial charge is 0.493 e. The molecule has 0 bridgehead atoms. The topological polar surface area (TPSA) is 73.6 Å². The van der Waals surface area contributed by atoms with Crippen molar-refractivity contribution in [2.24, 2.45) is 5.73 Å². The minimum Gasteiger partial charge on any atom is -0.493 e. The molecule has 0 spiro atoms. The number of hydrogen-bond acceptors (Lipinski definition) is 4. The van der Waals surface area contributed by atoms with Crippen molar-refractivity contribution >= 4 is 5.91 Å². The predicted octanol–water partition coefficient (Wildman–Crippen LogP) is 1.69. The fraction of sp³-hybridized carbons (Fsp3) is 0.500. The number of halogens is 2. The summed E-state index contributed by atoms with van der Waals surface area (Å²) in [7, 11) is 1.38. The number of methoxy groups -OCH3 is 1. The van der Waals surface area contributed by atoms with E-state index in [1.807, 2.05) is 0 Å². The Hall–Kier alpha value is -1.89. The summed E-state index contributed by atoms with van der Waals surface area (Å²) < 4.78 is 33.7. The van der Waals surface area contributed by atoms with Gasteiger partial charge in [-0.1, -0.05) is 6.07 Å². The van der Waals surface area contributed by atoms with Crippen molar-refractivity contribution in [3.05, 3.63) is 23.8 Å². The van der Waals surface area contributed by atoms with Crippen molar-refractivity contribution in [2.45, 2.75) is 25.9 Å². The minimum atomic E-state index is -2.90. The van der Waals surface area contributed by atoms with Gasteiger partial charge < -0.3 is 20.5 Å². The van der Waals surface area contributed by atoms with Crippen molar-refractivity contribution in [2.75, 3.05) is 20.2 Å². The number of carbonyl (C=O) groups is 1. The molecule has 0 radical (unpaired) electrons. The summed E-state index contributed by atoms with van der Waals surface area (Å²) in [6.07, 6.45) is 1.62. The van der Waals surface area contributed by atoms with Crippen molar-refractivity contribution in [1.29, 1.82) is 0 Å². The number of alkyl halides is 2. The van der Waals surface area contributed by atoms with Crippen molar-refractivity contribution < 1.29 is 23.0 Å². The summed E-state index contributed by atoms with van der Waals surface area (Å²) in [6, 6.07) is 4.70. The first-order valence-electron chi connectivity index (χ1n) is 6.65. The molecule has 3 N–H and O–H groups in total. The summed E-state index contributed by atoms with van der Waals surface area (Å²) in [5, 5.41) is 2.76. The molecule has 0 heterocycles. The maximum atomic E-state index is 12.2. The molecule has 0 aliphatic rings. The van der Waals surface area contributed by atoms with Gasteiger partial charge in [0.05, 0.1) is 7.11 Å². The van der Waals surface area contributed by atoms with Crippen LogP contribution in [0, 0.1) is 0 Å². The van der Waals surface area contributed by atoms with E-state index in [4.69, 9.17) is 10.5 Å². The van der Waals surface area contributed by atoms with E-state index in [1.165, 1.54) is 13.2 Å². The Morgan fingerprint density at radius 3 is 2.76 bits per heavy atom. The number of hydrogen-bond donors (Lipinski definition) is 2. The van der Waals surface area contributed by atoms with E-state index in [2.05, 4.69) is 10.1 Å². The van der Waals surface area contributed by atoms with E-state index in [0.29, 0.717) is 32.4 Å². The summed E-state index contributed by atoms with van der Waals surface area (Å²) in [5.41, 5.74) is 6.17. The molecule has 0 saturated heterocycles. The second-order valence-electron chi connectivity index (χ2n) is 4.36. The van der Waals surface area contributed by atoms with Crippen molar-refractivity contribution in [1.82, 2.24) is 5.32 Å². The van der Waals surface area contributed by atoms with Gasteiger partial charge in [0.15, 0.2) is 11.5 Å². The highest BCUT2D eigenvalue weighted by Gasteiger charge is 2.11. The molecule has 0 aromatic heterocycles. The van der Waals surface area contributed by atoms with Crippen LogP contribution in [0.2, 0.25) is 0 Å². The number of nitrogens with two attached hydrogens (primary N) is 1. The highest BCUT2D eigenvalue weighted by Crippen LogP contribution is 2.29. The number of carbonyl (C=O) groups excluding carboxylic acids is 1. The lowest BCUT2D eigenvalue weighted by atomic mass is 10.1. The van der Waals surface area contributed by atoms with Gasteiger partial charge in [0, 0.05) is 13.0 Å². The first kappa shape index (κ1) is 17.2. The molecule has 118 valence electrons. The molecule has 21 heavy (non-hydrogen) atoms. The quantitative estimate of drug-likeness (QED) is 0.728. The number of ether oxygens (including phenoxy) is 2. The maximum Gasteiger partial charge on any atom is 0.387 e. The molecule has 1 amide bonds. The van der Waals surface area contributed by atoms with Crippen LogP contribution in [-0.2, 0) is 11.2 Å². The highest BCUT2D eigenvalue weighted by molar-refractivity contribution is 5.75. The third-order valence-corrected chi connectivity index (χ3v) is 2.79. The van der Waals surface area contributed by atoms with Gasteiger partial charge in [-0.05, 0) is 37.1 Å². The molecule has 0 saturated carbocycles. The molecule has 0 unspecified atom stereocenters. The first-order valence-corrected chi connectivity index (χ1v) is 6.65. The molecule has 1 rings (SSSR count). The lowest BCUT2D eigenvalue weighted by Gasteiger charge is -2.11. The molecule has 0 aliphatic heterocycles. The van der Waals surface area contributed by atoms with E-state index >= 15 is 0 Å². The molecule has 5 nitrogen and oxygen atoms in total. The van der Waals surface area contributed by atoms with Gasteiger partial charge in [0.25, 0.3) is 0 Å². The van der Waals surface area contributed by atoms with Crippen molar-refractivity contribution in [3.63, 3.8) is 0 Å². The van der Waals surface area contributed by atoms with Gasteiger partial charge in [-0.15, -0.1) is 0 Å². The van der Waals surface area contributed by atoms with Crippen LogP contribution in [0.3, 0.4) is 0 Å². The standard InChI is InChI=1S/C14H20F2N2O3/c1-20-12-9-10(4-5-11(12)21-14(15)16)6-8-18-13(19)3-2-7-17/h4-5,9,14H,2-3,6-8,17H2,1H3,(H,18,19). The van der Waals surface area contributed by atoms with E-state index in [-0.39, 0.29) is 17.4 Å². The van der Waals surface area contributed by atoms with Gasteiger partial charge in [0.2, 0.25) is 5.91 Å². The van der Waals surface area contributed by atoms with Crippen LogP contribution in [0.4, 0.5) is 8.78 Å². The van der Waals surface area contributed by atoms with Gasteiger partial charge in [-0.25, -0.2) is 0 Å². The Kier molecular flexibility index (Phi) is 7.45. The van der Waals surface area contributed by atoms with Gasteiger partial charge >= 0.3 is 6.61 Å². The normalized spacial score (nSPS) is 10.5. The zero-order chi connectivity index (χ0) is 15.7. The third kappa shape index (κ3) is 6.40. The van der Waals surface area contributed by atoms with Crippen LogP contribution in [0.1, 0.15) is 18.4 Å². The molecule has 1 aromatic rings. The van der Waals surface area contributed by atoms with E-state index in [9.17, 15) is 13.6 Å². The fourth-order valence-electron chi connectivity index (χ4n) is 1.76. The molecule has 0 atom stereocenters. The Labute approximate surface area is 122 Å². The van der Waals surface area contributed by atoms with Crippen molar-refractivity contribution in [3.8, 4) is 11.5 Å². The molecular weight excluding hydrogens is 282 g/mol. The van der Waals surface area contributed by atoms with Crippen LogP contribution >= 0.6 is 0 Å². The van der Waals surface area contributed by atoms with E-state index in [1.54, 1.807) is 12.1 Å². The first-order chi connectivity index (χ1) is 10.1. The maximum absolute atomic E-state index is 12.2. The predicted molar refractivity (Wildman–Crippen MR) is 74.6 cm³/mol. The van der Waals surface area contributed by atoms with Crippen LogP contribution < -0.4 is 20.5 Å². The van der Waals surface area contributed by atoms with E-state index < -0.39 is 6.61 Å². The minimum absolute atomic E-state index is 0.0109. The second kappa shape index (κ2) is 9.12. The average Bonchev–Trinajstić information content (AvgIpc) is 2.46. The van der Waals surface area contributed by atoms with Gasteiger partial charge in [0.1, 0.15) is 0 Å².